The standard InChI is InChI=1S/C30H22O6/c31-25-3-1-2-17(7-25)18-4-19(9-26(32)8-18)20-5-21(11-27(33)10-20)22-6-23(13-28(34)12-22)24-14-29(35)16-30(36)15-24/h1-16,31-36H. The molecule has 0 aliphatic heterocycles. The maximum atomic E-state index is 10.5. The summed E-state index contributed by atoms with van der Waals surface area (Å²) in [6, 6.07) is 25.7. The van der Waals surface area contributed by atoms with Crippen molar-refractivity contribution in [2.75, 3.05) is 0 Å². The smallest absolute Gasteiger partial charge is 0.119 e. The molecule has 0 saturated carbocycles. The fourth-order valence-electron chi connectivity index (χ4n) is 4.28. The Bertz CT molecular complexity index is 1590. The molecule has 6 N–H and O–H groups in total. The Labute approximate surface area is 206 Å². The molecule has 0 aliphatic rings. The molecule has 5 rings (SSSR count). The fourth-order valence-corrected chi connectivity index (χ4v) is 4.28. The van der Waals surface area contributed by atoms with E-state index in [0.717, 1.165) is 5.56 Å². The van der Waals surface area contributed by atoms with Gasteiger partial charge < -0.3 is 30.6 Å². The van der Waals surface area contributed by atoms with Crippen molar-refractivity contribution in [3.63, 3.8) is 0 Å². The first-order valence-electron chi connectivity index (χ1n) is 11.1. The minimum Gasteiger partial charge on any atom is -0.508 e. The Kier molecular flexibility index (Phi) is 5.62. The Balaban J connectivity index is 1.61. The van der Waals surface area contributed by atoms with Gasteiger partial charge in [-0.2, -0.15) is 0 Å². The van der Waals surface area contributed by atoms with Gasteiger partial charge in [0.05, 0.1) is 0 Å². The van der Waals surface area contributed by atoms with Gasteiger partial charge in [0.25, 0.3) is 0 Å². The van der Waals surface area contributed by atoms with E-state index in [2.05, 4.69) is 0 Å². The molecule has 0 aliphatic carbocycles. The summed E-state index contributed by atoms with van der Waals surface area (Å²) in [5.74, 6) is -0.124. The molecule has 0 amide bonds. The van der Waals surface area contributed by atoms with Crippen LogP contribution in [0, 0.1) is 0 Å². The zero-order valence-electron chi connectivity index (χ0n) is 18.9. The molecule has 0 radical (unpaired) electrons. The van der Waals surface area contributed by atoms with Crippen LogP contribution in [0.15, 0.2) is 97.1 Å². The summed E-state index contributed by atoms with van der Waals surface area (Å²) in [6.45, 7) is 0. The Hall–Kier alpha value is -5.10. The number of benzene rings is 5. The lowest BCUT2D eigenvalue weighted by molar-refractivity contribution is 0.451. The lowest BCUT2D eigenvalue weighted by Gasteiger charge is -2.12. The van der Waals surface area contributed by atoms with Gasteiger partial charge in [-0.1, -0.05) is 12.1 Å². The molecule has 0 heterocycles. The molecule has 0 atom stereocenters. The second-order valence-electron chi connectivity index (χ2n) is 8.59. The van der Waals surface area contributed by atoms with Gasteiger partial charge in [-0.05, 0) is 123 Å². The second kappa shape index (κ2) is 8.92. The van der Waals surface area contributed by atoms with Crippen molar-refractivity contribution in [1.82, 2.24) is 0 Å². The van der Waals surface area contributed by atoms with E-state index in [1.807, 2.05) is 18.2 Å². The van der Waals surface area contributed by atoms with E-state index in [0.29, 0.717) is 38.9 Å². The lowest BCUT2D eigenvalue weighted by Crippen LogP contribution is -1.86. The van der Waals surface area contributed by atoms with Gasteiger partial charge in [0.15, 0.2) is 0 Å². The van der Waals surface area contributed by atoms with Gasteiger partial charge in [-0.3, -0.25) is 0 Å². The largest absolute Gasteiger partial charge is 0.508 e. The van der Waals surface area contributed by atoms with Crippen LogP contribution in [0.4, 0.5) is 0 Å². The summed E-state index contributed by atoms with van der Waals surface area (Å²) in [4.78, 5) is 0. The van der Waals surface area contributed by atoms with Crippen LogP contribution in [-0.4, -0.2) is 30.6 Å². The van der Waals surface area contributed by atoms with Crippen molar-refractivity contribution in [2.45, 2.75) is 0 Å². The Morgan fingerprint density at radius 1 is 0.250 bits per heavy atom. The van der Waals surface area contributed by atoms with Crippen molar-refractivity contribution >= 4 is 0 Å². The van der Waals surface area contributed by atoms with Crippen LogP contribution in [0.1, 0.15) is 0 Å². The SMILES string of the molecule is Oc1cccc(-c2cc(O)cc(-c3cc(O)cc(-c4cc(O)cc(-c5cc(O)cc(O)c5)c4)c3)c2)c1. The van der Waals surface area contributed by atoms with E-state index in [9.17, 15) is 30.6 Å². The quantitative estimate of drug-likeness (QED) is 0.173. The molecule has 6 nitrogen and oxygen atoms in total. The number of hydrogen-bond donors (Lipinski definition) is 6. The molecule has 0 bridgehead atoms. The molecular weight excluding hydrogens is 456 g/mol. The highest BCUT2D eigenvalue weighted by Gasteiger charge is 2.12. The van der Waals surface area contributed by atoms with Crippen LogP contribution in [0.25, 0.3) is 44.5 Å². The zero-order valence-corrected chi connectivity index (χ0v) is 18.9. The average molecular weight is 479 g/mol. The molecule has 36 heavy (non-hydrogen) atoms. The van der Waals surface area contributed by atoms with E-state index in [1.54, 1.807) is 54.6 Å². The van der Waals surface area contributed by atoms with E-state index >= 15 is 0 Å². The number of hydrogen-bond acceptors (Lipinski definition) is 6. The Morgan fingerprint density at radius 2 is 0.528 bits per heavy atom. The third-order valence-corrected chi connectivity index (χ3v) is 5.84. The first kappa shape index (κ1) is 22.7. The molecule has 0 saturated heterocycles. The molecule has 0 spiro atoms. The first-order valence-corrected chi connectivity index (χ1v) is 11.1. The van der Waals surface area contributed by atoms with Crippen molar-refractivity contribution in [1.29, 1.82) is 0 Å². The number of phenols is 6. The highest BCUT2D eigenvalue weighted by atomic mass is 16.3. The van der Waals surface area contributed by atoms with E-state index in [1.165, 1.54) is 24.3 Å². The first-order chi connectivity index (χ1) is 17.2. The number of rotatable bonds is 4. The van der Waals surface area contributed by atoms with Crippen molar-refractivity contribution in [3.05, 3.63) is 97.1 Å². The van der Waals surface area contributed by atoms with E-state index in [4.69, 9.17) is 0 Å². The van der Waals surface area contributed by atoms with Gasteiger partial charge in [0.2, 0.25) is 0 Å². The molecule has 5 aromatic rings. The average Bonchev–Trinajstić information content (AvgIpc) is 2.82. The summed E-state index contributed by atoms with van der Waals surface area (Å²) in [5.41, 5.74) is 4.95. The van der Waals surface area contributed by atoms with Crippen LogP contribution < -0.4 is 0 Å². The summed E-state index contributed by atoms with van der Waals surface area (Å²) < 4.78 is 0. The van der Waals surface area contributed by atoms with Gasteiger partial charge in [0, 0.05) is 6.07 Å². The highest BCUT2D eigenvalue weighted by molar-refractivity contribution is 5.82. The minimum absolute atomic E-state index is 0.00959. The Morgan fingerprint density at radius 3 is 0.889 bits per heavy atom. The van der Waals surface area contributed by atoms with E-state index in [-0.39, 0.29) is 34.5 Å². The fraction of sp³-hybridized carbons (Fsp3) is 0. The van der Waals surface area contributed by atoms with Crippen LogP contribution in [0.2, 0.25) is 0 Å². The molecule has 0 fully saturated rings. The van der Waals surface area contributed by atoms with Crippen molar-refractivity contribution in [2.24, 2.45) is 0 Å². The molecule has 5 aromatic carbocycles. The van der Waals surface area contributed by atoms with Gasteiger partial charge in [-0.25, -0.2) is 0 Å². The van der Waals surface area contributed by atoms with Crippen molar-refractivity contribution in [3.8, 4) is 79.0 Å². The maximum Gasteiger partial charge on any atom is 0.119 e. The summed E-state index contributed by atoms with van der Waals surface area (Å²) in [7, 11) is 0. The molecule has 178 valence electrons. The highest BCUT2D eigenvalue weighted by Crippen LogP contribution is 2.38. The van der Waals surface area contributed by atoms with Crippen LogP contribution in [0.5, 0.6) is 34.5 Å². The predicted molar refractivity (Wildman–Crippen MR) is 138 cm³/mol. The molecule has 0 unspecified atom stereocenters. The van der Waals surface area contributed by atoms with Crippen molar-refractivity contribution < 1.29 is 30.6 Å². The number of phenolic OH excluding ortho intramolecular Hbond substituents is 6. The topological polar surface area (TPSA) is 121 Å². The van der Waals surface area contributed by atoms with Crippen LogP contribution >= 0.6 is 0 Å². The van der Waals surface area contributed by atoms with Gasteiger partial charge >= 0.3 is 0 Å². The monoisotopic (exact) mass is 478 g/mol. The minimum atomic E-state index is -0.110. The third kappa shape index (κ3) is 4.74. The molecule has 0 aromatic heterocycles. The van der Waals surface area contributed by atoms with E-state index < -0.39 is 0 Å². The zero-order chi connectivity index (χ0) is 25.4. The summed E-state index contributed by atoms with van der Waals surface area (Å²) in [6.07, 6.45) is 0. The normalized spacial score (nSPS) is 10.9. The van der Waals surface area contributed by atoms with Crippen LogP contribution in [-0.2, 0) is 0 Å². The maximum absolute atomic E-state index is 10.5. The third-order valence-electron chi connectivity index (χ3n) is 5.84. The second-order valence-corrected chi connectivity index (χ2v) is 8.59. The lowest BCUT2D eigenvalue weighted by atomic mass is 9.94. The number of aromatic hydroxyl groups is 6. The molecular formula is C30H22O6. The summed E-state index contributed by atoms with van der Waals surface area (Å²) in [5, 5.41) is 60.9. The summed E-state index contributed by atoms with van der Waals surface area (Å²) >= 11 is 0. The van der Waals surface area contributed by atoms with Crippen LogP contribution in [0.3, 0.4) is 0 Å². The molecule has 6 heteroatoms. The van der Waals surface area contributed by atoms with Gasteiger partial charge in [0.1, 0.15) is 34.5 Å². The van der Waals surface area contributed by atoms with Gasteiger partial charge in [-0.15, -0.1) is 0 Å². The predicted octanol–water partition coefficient (Wildman–Crippen LogP) is 6.59.